The fourth-order valence-corrected chi connectivity index (χ4v) is 4.75. The van der Waals surface area contributed by atoms with Crippen molar-refractivity contribution in [1.82, 2.24) is 9.55 Å². The van der Waals surface area contributed by atoms with E-state index in [1.54, 1.807) is 24.7 Å². The molecule has 4 aromatic carbocycles. The number of fused-ring (bicyclic) bond motifs is 1. The van der Waals surface area contributed by atoms with Gasteiger partial charge in [0.05, 0.1) is 36.5 Å². The van der Waals surface area contributed by atoms with E-state index in [9.17, 15) is 5.26 Å². The molecule has 5 aromatic rings. The van der Waals surface area contributed by atoms with Crippen molar-refractivity contribution in [3.8, 4) is 17.2 Å². The number of ether oxygens (including phenoxy) is 1. The predicted molar refractivity (Wildman–Crippen MR) is 148 cm³/mol. The molecule has 7 heteroatoms. The first-order valence-electron chi connectivity index (χ1n) is 11.1. The van der Waals surface area contributed by atoms with Crippen molar-refractivity contribution < 1.29 is 4.74 Å². The van der Waals surface area contributed by atoms with Gasteiger partial charge >= 0.3 is 0 Å². The maximum Gasteiger partial charge on any atom is 0.124 e. The standard InChI is InChI=1S/C29H21Cl2N3O.ClH/c1-34-18-33-16-28(34)29(35-17-22-11-12-23(30)14-27(22)31)20-9-10-21(15-32)26(13-20)25-8-4-6-19-5-2-3-7-24(19)25;/h2-14,16,18,29H,17H2,1H3;1H. The number of imidazole rings is 1. The smallest absolute Gasteiger partial charge is 0.124 e. The summed E-state index contributed by atoms with van der Waals surface area (Å²) in [6.07, 6.45) is 3.12. The third-order valence-electron chi connectivity index (χ3n) is 6.09. The zero-order valence-electron chi connectivity index (χ0n) is 19.4. The van der Waals surface area contributed by atoms with Gasteiger partial charge in [0.1, 0.15) is 6.10 Å². The molecule has 1 unspecified atom stereocenters. The lowest BCUT2D eigenvalue weighted by molar-refractivity contribution is 0.0623. The van der Waals surface area contributed by atoms with E-state index in [1.165, 1.54) is 0 Å². The molecule has 0 bridgehead atoms. The second-order valence-corrected chi connectivity index (χ2v) is 9.14. The maximum absolute atomic E-state index is 9.89. The molecule has 0 saturated carbocycles. The van der Waals surface area contributed by atoms with Gasteiger partial charge < -0.3 is 9.30 Å². The second kappa shape index (κ2) is 11.2. The molecule has 180 valence electrons. The number of hydrogen-bond acceptors (Lipinski definition) is 3. The van der Waals surface area contributed by atoms with Crippen molar-refractivity contribution in [2.24, 2.45) is 7.05 Å². The molecule has 0 spiro atoms. The molecule has 4 nitrogen and oxygen atoms in total. The van der Waals surface area contributed by atoms with E-state index in [0.29, 0.717) is 15.6 Å². The normalized spacial score (nSPS) is 11.6. The number of hydrogen-bond donors (Lipinski definition) is 0. The lowest BCUT2D eigenvalue weighted by Crippen LogP contribution is -2.11. The first-order chi connectivity index (χ1) is 17.0. The highest BCUT2D eigenvalue weighted by Crippen LogP contribution is 2.36. The molecule has 5 rings (SSSR count). The molecule has 36 heavy (non-hydrogen) atoms. The van der Waals surface area contributed by atoms with Gasteiger partial charge in [0.15, 0.2) is 0 Å². The van der Waals surface area contributed by atoms with Crippen molar-refractivity contribution in [3.63, 3.8) is 0 Å². The van der Waals surface area contributed by atoms with Gasteiger partial charge in [0, 0.05) is 22.7 Å². The summed E-state index contributed by atoms with van der Waals surface area (Å²) in [4.78, 5) is 4.29. The Bertz CT molecular complexity index is 1570. The molecule has 0 fully saturated rings. The molecule has 0 radical (unpaired) electrons. The molecular formula is C29H22Cl3N3O. The molecule has 0 aliphatic carbocycles. The molecule has 0 saturated heterocycles. The van der Waals surface area contributed by atoms with Crippen molar-refractivity contribution in [2.75, 3.05) is 0 Å². The number of benzene rings is 4. The largest absolute Gasteiger partial charge is 0.362 e. The number of rotatable bonds is 6. The summed E-state index contributed by atoms with van der Waals surface area (Å²) in [6.45, 7) is 0.287. The SMILES string of the molecule is Cl.Cn1cncc1C(OCc1ccc(Cl)cc1Cl)c1ccc(C#N)c(-c2cccc3ccccc23)c1. The Balaban J connectivity index is 0.00000304. The Kier molecular flexibility index (Phi) is 7.98. The number of aryl methyl sites for hydroxylation is 1. The van der Waals surface area contributed by atoms with Gasteiger partial charge in [0.25, 0.3) is 0 Å². The van der Waals surface area contributed by atoms with Crippen LogP contribution in [0.2, 0.25) is 10.0 Å². The minimum Gasteiger partial charge on any atom is -0.362 e. The zero-order valence-corrected chi connectivity index (χ0v) is 21.7. The van der Waals surface area contributed by atoms with Gasteiger partial charge in [-0.25, -0.2) is 4.98 Å². The highest BCUT2D eigenvalue weighted by molar-refractivity contribution is 6.35. The molecule has 0 aliphatic rings. The Morgan fingerprint density at radius 3 is 2.53 bits per heavy atom. The fourth-order valence-electron chi connectivity index (χ4n) is 4.29. The predicted octanol–water partition coefficient (Wildman–Crippen LogP) is 8.15. The third kappa shape index (κ3) is 5.11. The lowest BCUT2D eigenvalue weighted by atomic mass is 9.92. The van der Waals surface area contributed by atoms with Gasteiger partial charge in [-0.05, 0) is 51.7 Å². The maximum atomic E-state index is 9.89. The van der Waals surface area contributed by atoms with Gasteiger partial charge in [-0.15, -0.1) is 12.4 Å². The summed E-state index contributed by atoms with van der Waals surface area (Å²) in [5.41, 5.74) is 5.12. The molecule has 0 aliphatic heterocycles. The quantitative estimate of drug-likeness (QED) is 0.221. The Morgan fingerprint density at radius 1 is 0.972 bits per heavy atom. The van der Waals surface area contributed by atoms with Crippen LogP contribution < -0.4 is 0 Å². The molecular weight excluding hydrogens is 513 g/mol. The molecule has 0 amide bonds. The molecule has 1 aromatic heterocycles. The van der Waals surface area contributed by atoms with Crippen LogP contribution in [0.3, 0.4) is 0 Å². The Morgan fingerprint density at radius 2 is 1.78 bits per heavy atom. The van der Waals surface area contributed by atoms with E-state index in [0.717, 1.165) is 38.7 Å². The van der Waals surface area contributed by atoms with Crippen LogP contribution in [-0.2, 0) is 18.4 Å². The topological polar surface area (TPSA) is 50.8 Å². The van der Waals surface area contributed by atoms with Crippen molar-refractivity contribution in [1.29, 1.82) is 5.26 Å². The number of nitriles is 1. The molecule has 1 heterocycles. The Hall–Kier alpha value is -3.33. The van der Waals surface area contributed by atoms with E-state index in [1.807, 2.05) is 54.1 Å². The highest BCUT2D eigenvalue weighted by Gasteiger charge is 2.21. The fraction of sp³-hybridized carbons (Fsp3) is 0.103. The summed E-state index contributed by atoms with van der Waals surface area (Å²) in [7, 11) is 1.93. The monoisotopic (exact) mass is 533 g/mol. The summed E-state index contributed by atoms with van der Waals surface area (Å²) in [6, 6.07) is 27.9. The van der Waals surface area contributed by atoms with Crippen molar-refractivity contribution in [3.05, 3.63) is 124 Å². The number of halogens is 3. The van der Waals surface area contributed by atoms with Crippen molar-refractivity contribution in [2.45, 2.75) is 12.7 Å². The summed E-state index contributed by atoms with van der Waals surface area (Å²) < 4.78 is 8.38. The van der Waals surface area contributed by atoms with Crippen LogP contribution in [0.4, 0.5) is 0 Å². The van der Waals surface area contributed by atoms with Crippen LogP contribution in [0.25, 0.3) is 21.9 Å². The van der Waals surface area contributed by atoms with E-state index in [4.69, 9.17) is 27.9 Å². The lowest BCUT2D eigenvalue weighted by Gasteiger charge is -2.21. The Labute approximate surface area is 226 Å². The molecule has 0 N–H and O–H groups in total. The van der Waals surface area contributed by atoms with Gasteiger partial charge in [-0.1, -0.05) is 77.8 Å². The van der Waals surface area contributed by atoms with Crippen LogP contribution in [0, 0.1) is 11.3 Å². The average Bonchev–Trinajstić information content (AvgIpc) is 3.30. The van der Waals surface area contributed by atoms with Crippen LogP contribution >= 0.6 is 35.6 Å². The van der Waals surface area contributed by atoms with E-state index in [2.05, 4.69) is 35.3 Å². The first kappa shape index (κ1) is 25.8. The van der Waals surface area contributed by atoms with Gasteiger partial charge in [-0.2, -0.15) is 5.26 Å². The summed E-state index contributed by atoms with van der Waals surface area (Å²) in [5.74, 6) is 0. The third-order valence-corrected chi connectivity index (χ3v) is 6.68. The van der Waals surface area contributed by atoms with Crippen LogP contribution in [0.5, 0.6) is 0 Å². The minimum absolute atomic E-state index is 0. The van der Waals surface area contributed by atoms with Gasteiger partial charge in [0.2, 0.25) is 0 Å². The number of nitrogens with zero attached hydrogens (tertiary/aromatic N) is 3. The van der Waals surface area contributed by atoms with Gasteiger partial charge in [-0.3, -0.25) is 0 Å². The summed E-state index contributed by atoms with van der Waals surface area (Å²) in [5, 5.41) is 13.2. The van der Waals surface area contributed by atoms with E-state index >= 15 is 0 Å². The van der Waals surface area contributed by atoms with E-state index in [-0.39, 0.29) is 19.0 Å². The van der Waals surface area contributed by atoms with Crippen LogP contribution in [-0.4, -0.2) is 9.55 Å². The number of aromatic nitrogens is 2. The zero-order chi connectivity index (χ0) is 24.4. The van der Waals surface area contributed by atoms with E-state index < -0.39 is 6.10 Å². The minimum atomic E-state index is -0.421. The van der Waals surface area contributed by atoms with Crippen LogP contribution in [0.15, 0.2) is 91.4 Å². The average molecular weight is 535 g/mol. The van der Waals surface area contributed by atoms with Crippen molar-refractivity contribution >= 4 is 46.4 Å². The summed E-state index contributed by atoms with van der Waals surface area (Å²) >= 11 is 12.5. The molecule has 1 atom stereocenters. The van der Waals surface area contributed by atoms with Crippen LogP contribution in [0.1, 0.15) is 28.5 Å². The first-order valence-corrected chi connectivity index (χ1v) is 11.8. The highest BCUT2D eigenvalue weighted by atomic mass is 35.5. The second-order valence-electron chi connectivity index (χ2n) is 8.30.